The van der Waals surface area contributed by atoms with Gasteiger partial charge in [0.15, 0.2) is 0 Å². The number of hydrogen-bond donors (Lipinski definition) is 3. The Balaban J connectivity index is 2.04. The van der Waals surface area contributed by atoms with Crippen LogP contribution in [0.25, 0.3) is 0 Å². The van der Waals surface area contributed by atoms with E-state index in [1.165, 1.54) is 0 Å². The number of nitrogens with one attached hydrogen (secondary N) is 2. The molecule has 2 atom stereocenters. The van der Waals surface area contributed by atoms with Crippen LogP contribution < -0.4 is 5.32 Å². The third kappa shape index (κ3) is 3.96. The zero-order valence-corrected chi connectivity index (χ0v) is 13.5. The number of aromatic nitrogens is 2. The van der Waals surface area contributed by atoms with E-state index in [2.05, 4.69) is 15.5 Å². The van der Waals surface area contributed by atoms with Crippen LogP contribution in [0.5, 0.6) is 0 Å². The molecule has 0 radical (unpaired) electrons. The largest absolute Gasteiger partial charge is 0.388 e. The van der Waals surface area contributed by atoms with Crippen molar-refractivity contribution >= 4 is 11.6 Å². The average Bonchev–Trinajstić information content (AvgIpc) is 2.99. The summed E-state index contributed by atoms with van der Waals surface area (Å²) in [7, 11) is 0. The summed E-state index contributed by atoms with van der Waals surface area (Å²) in [5, 5.41) is 30.2. The first-order valence-electron chi connectivity index (χ1n) is 7.69. The number of amides is 1. The van der Waals surface area contributed by atoms with Gasteiger partial charge in [0.1, 0.15) is 5.69 Å². The minimum absolute atomic E-state index is 0.238. The second kappa shape index (κ2) is 7.69. The van der Waals surface area contributed by atoms with Crippen molar-refractivity contribution in [1.29, 1.82) is 0 Å². The molecule has 0 aliphatic rings. The van der Waals surface area contributed by atoms with Crippen LogP contribution >= 0.6 is 0 Å². The highest BCUT2D eigenvalue weighted by atomic mass is 16.6. The summed E-state index contributed by atoms with van der Waals surface area (Å²) in [6.07, 6.45) is -0.0742. The van der Waals surface area contributed by atoms with Crippen molar-refractivity contribution in [2.24, 2.45) is 0 Å². The Hall–Kier alpha value is -2.74. The Morgan fingerprint density at radius 3 is 2.67 bits per heavy atom. The SMILES string of the molecule is CCc1[nH]nc(C(=O)NC(C)CC(O)c2ccccc2)c1[N+](=O)[O-]. The van der Waals surface area contributed by atoms with Crippen LogP contribution in [0, 0.1) is 10.1 Å². The topological polar surface area (TPSA) is 121 Å². The number of rotatable bonds is 7. The number of carbonyl (C=O) groups excluding carboxylic acids is 1. The monoisotopic (exact) mass is 332 g/mol. The molecule has 0 saturated heterocycles. The van der Waals surface area contributed by atoms with Crippen molar-refractivity contribution in [2.75, 3.05) is 0 Å². The molecule has 0 bridgehead atoms. The van der Waals surface area contributed by atoms with E-state index in [1.807, 2.05) is 18.2 Å². The van der Waals surface area contributed by atoms with E-state index in [9.17, 15) is 20.0 Å². The predicted molar refractivity (Wildman–Crippen MR) is 87.6 cm³/mol. The van der Waals surface area contributed by atoms with Gasteiger partial charge in [0.05, 0.1) is 11.0 Å². The molecule has 1 heterocycles. The van der Waals surface area contributed by atoms with E-state index in [0.29, 0.717) is 12.1 Å². The molecule has 1 amide bonds. The molecule has 128 valence electrons. The van der Waals surface area contributed by atoms with Gasteiger partial charge in [-0.3, -0.25) is 20.0 Å². The molecule has 2 aromatic rings. The lowest BCUT2D eigenvalue weighted by atomic mass is 10.0. The molecule has 0 aliphatic carbocycles. The van der Waals surface area contributed by atoms with Crippen LogP contribution in [0.2, 0.25) is 0 Å². The molecule has 1 aromatic carbocycles. The van der Waals surface area contributed by atoms with Gasteiger partial charge in [-0.05, 0) is 25.3 Å². The quantitative estimate of drug-likeness (QED) is 0.529. The zero-order valence-electron chi connectivity index (χ0n) is 13.5. The molecule has 24 heavy (non-hydrogen) atoms. The average molecular weight is 332 g/mol. The molecular formula is C16H20N4O4. The van der Waals surface area contributed by atoms with Crippen LogP contribution in [0.1, 0.15) is 48.1 Å². The first kappa shape index (κ1) is 17.6. The Labute approximate surface area is 139 Å². The minimum atomic E-state index is -0.734. The van der Waals surface area contributed by atoms with Gasteiger partial charge in [0.25, 0.3) is 5.91 Å². The summed E-state index contributed by atoms with van der Waals surface area (Å²) in [6.45, 7) is 3.46. The van der Waals surface area contributed by atoms with Gasteiger partial charge < -0.3 is 10.4 Å². The van der Waals surface area contributed by atoms with Crippen molar-refractivity contribution in [3.05, 3.63) is 57.4 Å². The highest BCUT2D eigenvalue weighted by molar-refractivity contribution is 5.96. The maximum absolute atomic E-state index is 12.2. The summed E-state index contributed by atoms with van der Waals surface area (Å²) in [6, 6.07) is 8.71. The molecule has 2 unspecified atom stereocenters. The lowest BCUT2D eigenvalue weighted by Crippen LogP contribution is -2.34. The molecule has 0 spiro atoms. The van der Waals surface area contributed by atoms with Crippen molar-refractivity contribution in [3.63, 3.8) is 0 Å². The van der Waals surface area contributed by atoms with Crippen molar-refractivity contribution in [3.8, 4) is 0 Å². The highest BCUT2D eigenvalue weighted by Crippen LogP contribution is 2.22. The van der Waals surface area contributed by atoms with Crippen LogP contribution in [0.3, 0.4) is 0 Å². The normalized spacial score (nSPS) is 13.3. The van der Waals surface area contributed by atoms with E-state index in [0.717, 1.165) is 5.56 Å². The van der Waals surface area contributed by atoms with Gasteiger partial charge in [-0.25, -0.2) is 0 Å². The molecule has 8 nitrogen and oxygen atoms in total. The van der Waals surface area contributed by atoms with E-state index in [1.54, 1.807) is 26.0 Å². The first-order valence-corrected chi connectivity index (χ1v) is 7.69. The summed E-state index contributed by atoms with van der Waals surface area (Å²) >= 11 is 0. The van der Waals surface area contributed by atoms with Gasteiger partial charge in [-0.1, -0.05) is 37.3 Å². The van der Waals surface area contributed by atoms with Gasteiger partial charge in [0.2, 0.25) is 5.69 Å². The third-order valence-electron chi connectivity index (χ3n) is 3.70. The number of benzene rings is 1. The smallest absolute Gasteiger partial charge is 0.322 e. The summed E-state index contributed by atoms with van der Waals surface area (Å²) in [5.41, 5.74) is 0.517. The fourth-order valence-corrected chi connectivity index (χ4v) is 2.47. The first-order chi connectivity index (χ1) is 11.4. The van der Waals surface area contributed by atoms with Gasteiger partial charge >= 0.3 is 5.69 Å². The van der Waals surface area contributed by atoms with Crippen molar-refractivity contribution in [2.45, 2.75) is 38.8 Å². The van der Waals surface area contributed by atoms with Gasteiger partial charge in [-0.2, -0.15) is 5.10 Å². The number of nitrogens with zero attached hydrogens (tertiary/aromatic N) is 2. The van der Waals surface area contributed by atoms with E-state index < -0.39 is 16.9 Å². The molecule has 2 rings (SSSR count). The minimum Gasteiger partial charge on any atom is -0.388 e. The number of aliphatic hydroxyl groups is 1. The number of aromatic amines is 1. The zero-order chi connectivity index (χ0) is 17.7. The Kier molecular flexibility index (Phi) is 5.64. The maximum Gasteiger partial charge on any atom is 0.322 e. The molecule has 3 N–H and O–H groups in total. The van der Waals surface area contributed by atoms with Crippen LogP contribution in [-0.4, -0.2) is 32.2 Å². The Morgan fingerprint density at radius 1 is 1.42 bits per heavy atom. The lowest BCUT2D eigenvalue weighted by molar-refractivity contribution is -0.385. The fourth-order valence-electron chi connectivity index (χ4n) is 2.47. The van der Waals surface area contributed by atoms with Crippen LogP contribution in [0.4, 0.5) is 5.69 Å². The molecular weight excluding hydrogens is 312 g/mol. The number of aliphatic hydroxyl groups excluding tert-OH is 1. The Morgan fingerprint density at radius 2 is 2.08 bits per heavy atom. The Bertz CT molecular complexity index is 714. The van der Waals surface area contributed by atoms with E-state index in [-0.39, 0.29) is 23.8 Å². The van der Waals surface area contributed by atoms with E-state index >= 15 is 0 Å². The molecule has 0 saturated carbocycles. The lowest BCUT2D eigenvalue weighted by Gasteiger charge is -2.17. The predicted octanol–water partition coefficient (Wildman–Crippen LogP) is 2.12. The number of hydrogen-bond acceptors (Lipinski definition) is 5. The van der Waals surface area contributed by atoms with E-state index in [4.69, 9.17) is 0 Å². The fraction of sp³-hybridized carbons (Fsp3) is 0.375. The molecule has 0 fully saturated rings. The molecule has 0 aliphatic heterocycles. The van der Waals surface area contributed by atoms with Crippen molar-refractivity contribution in [1.82, 2.24) is 15.5 Å². The van der Waals surface area contributed by atoms with Gasteiger partial charge in [0, 0.05) is 6.04 Å². The second-order valence-corrected chi connectivity index (χ2v) is 5.55. The van der Waals surface area contributed by atoms with Gasteiger partial charge in [-0.15, -0.1) is 0 Å². The molecule has 1 aromatic heterocycles. The number of nitro groups is 1. The number of aryl methyl sites for hydroxylation is 1. The third-order valence-corrected chi connectivity index (χ3v) is 3.70. The summed E-state index contributed by atoms with van der Waals surface area (Å²) in [5.74, 6) is -0.634. The number of carbonyl (C=O) groups is 1. The standard InChI is InChI=1S/C16H20N4O4/c1-3-12-15(20(23)24)14(19-18-12)16(22)17-10(2)9-13(21)11-7-5-4-6-8-11/h4-8,10,13,21H,3,9H2,1-2H3,(H,17,22)(H,18,19). The summed E-state index contributed by atoms with van der Waals surface area (Å²) < 4.78 is 0. The second-order valence-electron chi connectivity index (χ2n) is 5.55. The summed E-state index contributed by atoms with van der Waals surface area (Å²) in [4.78, 5) is 22.8. The number of H-pyrrole nitrogens is 1. The van der Waals surface area contributed by atoms with Crippen LogP contribution in [-0.2, 0) is 6.42 Å². The molecule has 8 heteroatoms. The maximum atomic E-state index is 12.2. The highest BCUT2D eigenvalue weighted by Gasteiger charge is 2.29. The van der Waals surface area contributed by atoms with Crippen LogP contribution in [0.15, 0.2) is 30.3 Å². The van der Waals surface area contributed by atoms with Crippen molar-refractivity contribution < 1.29 is 14.8 Å².